The molecule has 2 aromatic carbocycles. The van der Waals surface area contributed by atoms with Gasteiger partial charge in [0.05, 0.1) is 41.0 Å². The van der Waals surface area contributed by atoms with Crippen molar-refractivity contribution >= 4 is 40.9 Å². The molecule has 2 aromatic rings. The van der Waals surface area contributed by atoms with Crippen molar-refractivity contribution in [3.8, 4) is 6.07 Å². The molecule has 1 amide bonds. The normalized spacial score (nSPS) is 15.5. The maximum Gasteiger partial charge on any atom is 0.336 e. The molecule has 8 heteroatoms. The summed E-state index contributed by atoms with van der Waals surface area (Å²) in [5.41, 5.74) is 3.68. The number of dihydropyridines is 1. The Hall–Kier alpha value is -3.21. The number of halogens is 1. The first kappa shape index (κ1) is 24.4. The molecule has 0 aliphatic carbocycles. The largest absolute Gasteiger partial charge is 0.466 e. The molecule has 0 bridgehead atoms. The number of amides is 1. The molecule has 2 N–H and O–H groups in total. The molecule has 6 nitrogen and oxygen atoms in total. The highest BCUT2D eigenvalue weighted by Gasteiger charge is 2.36. The standard InChI is InChI=1S/C25H24ClN3O3S/c1-4-16-9-11-17(12-10-16)29-21(30)14-33-24-19(13-27)23(18-7-5-6-8-20(18)26)22(15(2)28-24)25(31)32-3/h5-12,23,28H,4,14H2,1-3H3,(H,29,30)/t23-/m1/s1. The minimum atomic E-state index is -0.704. The van der Waals surface area contributed by atoms with E-state index in [2.05, 4.69) is 23.6 Å². The number of benzene rings is 2. The maximum atomic E-state index is 12.6. The van der Waals surface area contributed by atoms with Gasteiger partial charge in [0.25, 0.3) is 0 Å². The van der Waals surface area contributed by atoms with Crippen LogP contribution in [0.1, 0.15) is 30.9 Å². The van der Waals surface area contributed by atoms with E-state index in [9.17, 15) is 14.9 Å². The predicted molar refractivity (Wildman–Crippen MR) is 132 cm³/mol. The summed E-state index contributed by atoms with van der Waals surface area (Å²) < 4.78 is 4.98. The fourth-order valence-electron chi connectivity index (χ4n) is 3.59. The van der Waals surface area contributed by atoms with E-state index in [1.165, 1.54) is 24.4 Å². The fourth-order valence-corrected chi connectivity index (χ4v) is 4.72. The van der Waals surface area contributed by atoms with Crippen molar-refractivity contribution in [3.63, 3.8) is 0 Å². The van der Waals surface area contributed by atoms with E-state index in [1.807, 2.05) is 24.3 Å². The van der Waals surface area contributed by atoms with Gasteiger partial charge in [0.1, 0.15) is 0 Å². The van der Waals surface area contributed by atoms with Crippen LogP contribution in [0.15, 0.2) is 70.4 Å². The van der Waals surface area contributed by atoms with Crippen molar-refractivity contribution < 1.29 is 14.3 Å². The van der Waals surface area contributed by atoms with Crippen LogP contribution in [0.5, 0.6) is 0 Å². The summed E-state index contributed by atoms with van der Waals surface area (Å²) in [4.78, 5) is 25.1. The molecular weight excluding hydrogens is 458 g/mol. The van der Waals surface area contributed by atoms with Crippen LogP contribution in [0.2, 0.25) is 5.02 Å². The van der Waals surface area contributed by atoms with Crippen molar-refractivity contribution in [2.45, 2.75) is 26.2 Å². The van der Waals surface area contributed by atoms with Gasteiger partial charge in [-0.3, -0.25) is 4.79 Å². The fraction of sp³-hybridized carbons (Fsp3) is 0.240. The predicted octanol–water partition coefficient (Wildman–Crippen LogP) is 5.14. The third-order valence-corrected chi connectivity index (χ3v) is 6.62. The number of aryl methyl sites for hydroxylation is 1. The van der Waals surface area contributed by atoms with Gasteiger partial charge in [-0.25, -0.2) is 4.79 Å². The Morgan fingerprint density at radius 2 is 1.91 bits per heavy atom. The number of thioether (sulfide) groups is 1. The van der Waals surface area contributed by atoms with Crippen molar-refractivity contribution in [2.24, 2.45) is 0 Å². The number of methoxy groups -OCH3 is 1. The number of esters is 1. The van der Waals surface area contributed by atoms with E-state index in [-0.39, 0.29) is 11.7 Å². The number of nitriles is 1. The van der Waals surface area contributed by atoms with E-state index < -0.39 is 11.9 Å². The molecule has 0 radical (unpaired) electrons. The monoisotopic (exact) mass is 481 g/mol. The Labute approximate surface area is 202 Å². The van der Waals surface area contributed by atoms with Crippen molar-refractivity contribution in [1.29, 1.82) is 5.26 Å². The number of nitrogens with one attached hydrogen (secondary N) is 2. The Morgan fingerprint density at radius 3 is 2.52 bits per heavy atom. The minimum Gasteiger partial charge on any atom is -0.466 e. The Kier molecular flexibility index (Phi) is 8.21. The number of hydrogen-bond acceptors (Lipinski definition) is 6. The van der Waals surface area contributed by atoms with Gasteiger partial charge in [-0.15, -0.1) is 0 Å². The Morgan fingerprint density at radius 1 is 1.21 bits per heavy atom. The molecule has 1 heterocycles. The minimum absolute atomic E-state index is 0.0825. The lowest BCUT2D eigenvalue weighted by molar-refractivity contribution is -0.136. The number of rotatable bonds is 7. The number of ether oxygens (including phenoxy) is 1. The van der Waals surface area contributed by atoms with Gasteiger partial charge in [-0.2, -0.15) is 5.26 Å². The van der Waals surface area contributed by atoms with E-state index in [0.717, 1.165) is 6.42 Å². The van der Waals surface area contributed by atoms with Crippen LogP contribution in [-0.4, -0.2) is 24.7 Å². The van der Waals surface area contributed by atoms with Crippen LogP contribution in [-0.2, 0) is 20.7 Å². The summed E-state index contributed by atoms with van der Waals surface area (Å²) in [5, 5.41) is 16.9. The van der Waals surface area contributed by atoms with Crippen LogP contribution < -0.4 is 10.6 Å². The van der Waals surface area contributed by atoms with Gasteiger partial charge >= 0.3 is 5.97 Å². The molecule has 0 saturated heterocycles. The summed E-state index contributed by atoms with van der Waals surface area (Å²) in [5.74, 6) is -1.37. The quantitative estimate of drug-likeness (QED) is 0.532. The first-order chi connectivity index (χ1) is 15.9. The highest BCUT2D eigenvalue weighted by atomic mass is 35.5. The smallest absolute Gasteiger partial charge is 0.336 e. The molecule has 33 heavy (non-hydrogen) atoms. The lowest BCUT2D eigenvalue weighted by atomic mass is 9.82. The third-order valence-electron chi connectivity index (χ3n) is 5.26. The lowest BCUT2D eigenvalue weighted by Crippen LogP contribution is -2.29. The molecule has 0 fully saturated rings. The Balaban J connectivity index is 1.87. The zero-order valence-corrected chi connectivity index (χ0v) is 20.1. The van der Waals surface area contributed by atoms with Crippen molar-refractivity contribution in [3.05, 3.63) is 86.6 Å². The van der Waals surface area contributed by atoms with Gasteiger partial charge in [0, 0.05) is 16.4 Å². The summed E-state index contributed by atoms with van der Waals surface area (Å²) in [6, 6.07) is 16.9. The molecule has 0 unspecified atom stereocenters. The van der Waals surface area contributed by atoms with Gasteiger partial charge in [0.15, 0.2) is 0 Å². The zero-order valence-electron chi connectivity index (χ0n) is 18.6. The van der Waals surface area contributed by atoms with Gasteiger partial charge < -0.3 is 15.4 Å². The summed E-state index contributed by atoms with van der Waals surface area (Å²) in [7, 11) is 1.30. The van der Waals surface area contributed by atoms with Crippen molar-refractivity contribution in [1.82, 2.24) is 5.32 Å². The second-order valence-electron chi connectivity index (χ2n) is 7.35. The van der Waals surface area contributed by atoms with Crippen LogP contribution in [0, 0.1) is 11.3 Å². The van der Waals surface area contributed by atoms with E-state index in [1.54, 1.807) is 31.2 Å². The second-order valence-corrected chi connectivity index (χ2v) is 8.74. The molecule has 3 rings (SSSR count). The van der Waals surface area contributed by atoms with Crippen LogP contribution in [0.3, 0.4) is 0 Å². The number of anilines is 1. The van der Waals surface area contributed by atoms with Crippen LogP contribution in [0.4, 0.5) is 5.69 Å². The maximum absolute atomic E-state index is 12.6. The van der Waals surface area contributed by atoms with E-state index in [0.29, 0.717) is 38.1 Å². The number of nitrogens with zero attached hydrogens (tertiary/aromatic N) is 1. The highest BCUT2D eigenvalue weighted by molar-refractivity contribution is 8.03. The molecule has 170 valence electrons. The number of hydrogen-bond donors (Lipinski definition) is 2. The average molecular weight is 482 g/mol. The van der Waals surface area contributed by atoms with Crippen LogP contribution in [0.25, 0.3) is 0 Å². The lowest BCUT2D eigenvalue weighted by Gasteiger charge is -2.29. The summed E-state index contributed by atoms with van der Waals surface area (Å²) in [6.45, 7) is 3.81. The average Bonchev–Trinajstić information content (AvgIpc) is 2.82. The van der Waals surface area contributed by atoms with E-state index >= 15 is 0 Å². The Bertz CT molecular complexity index is 1170. The van der Waals surface area contributed by atoms with Crippen LogP contribution >= 0.6 is 23.4 Å². The van der Waals surface area contributed by atoms with Gasteiger partial charge in [-0.05, 0) is 42.7 Å². The first-order valence-electron chi connectivity index (χ1n) is 10.4. The second kappa shape index (κ2) is 11.1. The summed E-state index contributed by atoms with van der Waals surface area (Å²) in [6.07, 6.45) is 0.924. The zero-order chi connectivity index (χ0) is 24.0. The topological polar surface area (TPSA) is 91.2 Å². The van der Waals surface area contributed by atoms with E-state index in [4.69, 9.17) is 16.3 Å². The molecule has 0 aromatic heterocycles. The SMILES string of the molecule is CCc1ccc(NC(=O)CSC2=C(C#N)[C@@H](c3ccccc3Cl)C(C(=O)OC)=C(C)N2)cc1. The first-order valence-corrected chi connectivity index (χ1v) is 11.7. The molecular formula is C25H24ClN3O3S. The van der Waals surface area contributed by atoms with Gasteiger partial charge in [-0.1, -0.05) is 60.6 Å². The number of carbonyl (C=O) groups is 2. The highest BCUT2D eigenvalue weighted by Crippen LogP contribution is 2.43. The third kappa shape index (κ3) is 5.59. The molecule has 1 atom stereocenters. The molecule has 1 aliphatic rings. The number of allylic oxidation sites excluding steroid dienone is 2. The van der Waals surface area contributed by atoms with Crippen molar-refractivity contribution in [2.75, 3.05) is 18.2 Å². The molecule has 0 saturated carbocycles. The summed E-state index contributed by atoms with van der Waals surface area (Å²) >= 11 is 7.63. The molecule has 0 spiro atoms. The molecule has 1 aliphatic heterocycles. The number of carbonyl (C=O) groups excluding carboxylic acids is 2. The van der Waals surface area contributed by atoms with Gasteiger partial charge in [0.2, 0.25) is 5.91 Å².